The Morgan fingerprint density at radius 1 is 1.64 bits per heavy atom. The van der Waals surface area contributed by atoms with Crippen molar-refractivity contribution in [3.8, 4) is 0 Å². The maximum Gasteiger partial charge on any atom is 0.251 e. The lowest BCUT2D eigenvalue weighted by Gasteiger charge is -2.25. The van der Waals surface area contributed by atoms with Crippen molar-refractivity contribution in [2.75, 3.05) is 5.75 Å². The van der Waals surface area contributed by atoms with Crippen LogP contribution < -0.4 is 5.84 Å². The third-order valence-corrected chi connectivity index (χ3v) is 3.36. The Bertz CT molecular complexity index is 271. The van der Waals surface area contributed by atoms with Gasteiger partial charge in [-0.1, -0.05) is 6.92 Å². The molecule has 1 unspecified atom stereocenters. The molecule has 6 heteroatoms. The largest absolute Gasteiger partial charge is 0.272 e. The normalized spacial score (nSPS) is 30.5. The summed E-state index contributed by atoms with van der Waals surface area (Å²) in [6.07, 6.45) is 0.218. The number of hydrogen-bond donors (Lipinski definition) is 1. The Hall–Kier alpha value is -0.620. The molecule has 0 aliphatic carbocycles. The van der Waals surface area contributed by atoms with Crippen molar-refractivity contribution >= 4 is 15.9 Å². The summed E-state index contributed by atoms with van der Waals surface area (Å²) in [6, 6.07) is 0. The van der Waals surface area contributed by atoms with Crippen LogP contribution in [0.5, 0.6) is 0 Å². The van der Waals surface area contributed by atoms with Crippen LogP contribution in [0, 0.1) is 5.92 Å². The number of sulfonamides is 1. The van der Waals surface area contributed by atoms with Crippen LogP contribution in [0.3, 0.4) is 0 Å². The van der Waals surface area contributed by atoms with Crippen molar-refractivity contribution in [3.05, 3.63) is 0 Å². The molecule has 0 spiro atoms. The van der Waals surface area contributed by atoms with Crippen LogP contribution in [0.4, 0.5) is 0 Å². The van der Waals surface area contributed by atoms with E-state index in [9.17, 15) is 13.2 Å². The van der Waals surface area contributed by atoms with Gasteiger partial charge in [0, 0.05) is 6.42 Å². The van der Waals surface area contributed by atoms with Gasteiger partial charge in [0.2, 0.25) is 0 Å². The average molecular weight is 178 g/mol. The topological polar surface area (TPSA) is 80.5 Å². The van der Waals surface area contributed by atoms with Crippen LogP contribution >= 0.6 is 0 Å². The van der Waals surface area contributed by atoms with Gasteiger partial charge in [-0.05, 0) is 5.92 Å². The highest BCUT2D eigenvalue weighted by atomic mass is 32.2. The van der Waals surface area contributed by atoms with Gasteiger partial charge in [0.15, 0.2) is 0 Å². The lowest BCUT2D eigenvalue weighted by molar-refractivity contribution is -0.128. The van der Waals surface area contributed by atoms with Crippen molar-refractivity contribution in [3.63, 3.8) is 0 Å². The fourth-order valence-corrected chi connectivity index (χ4v) is 2.42. The number of hydrogen-bond acceptors (Lipinski definition) is 4. The van der Waals surface area contributed by atoms with E-state index in [4.69, 9.17) is 5.84 Å². The number of nitrogens with zero attached hydrogens (tertiary/aromatic N) is 1. The summed E-state index contributed by atoms with van der Waals surface area (Å²) in [4.78, 5) is 10.8. The molecule has 0 saturated carbocycles. The summed E-state index contributed by atoms with van der Waals surface area (Å²) in [5.74, 6) is 4.34. The van der Waals surface area contributed by atoms with E-state index in [-0.39, 0.29) is 18.1 Å². The first-order chi connectivity index (χ1) is 4.93. The number of nitrogens with two attached hydrogens (primary N) is 1. The number of carbonyl (C=O) groups excluding carboxylic acids is 1. The van der Waals surface area contributed by atoms with Gasteiger partial charge >= 0.3 is 0 Å². The summed E-state index contributed by atoms with van der Waals surface area (Å²) in [7, 11) is -3.50. The second-order valence-corrected chi connectivity index (χ2v) is 4.67. The maximum absolute atomic E-state index is 11.0. The van der Waals surface area contributed by atoms with E-state index in [0.29, 0.717) is 4.41 Å². The molecule has 0 aromatic heterocycles. The number of amides is 1. The second kappa shape index (κ2) is 2.46. The lowest BCUT2D eigenvalue weighted by Crippen LogP contribution is -2.49. The van der Waals surface area contributed by atoms with Gasteiger partial charge < -0.3 is 0 Å². The van der Waals surface area contributed by atoms with Gasteiger partial charge in [-0.2, -0.15) is 4.41 Å². The molecule has 0 aromatic rings. The van der Waals surface area contributed by atoms with Crippen molar-refractivity contribution in [1.82, 2.24) is 4.41 Å². The molecule has 1 rings (SSSR count). The quantitative estimate of drug-likeness (QED) is 0.383. The van der Waals surface area contributed by atoms with Crippen LogP contribution in [0.2, 0.25) is 0 Å². The Labute approximate surface area is 65.2 Å². The zero-order chi connectivity index (χ0) is 8.65. The first-order valence-corrected chi connectivity index (χ1v) is 4.85. The highest BCUT2D eigenvalue weighted by Crippen LogP contribution is 2.16. The molecular formula is C5H10N2O3S. The van der Waals surface area contributed by atoms with E-state index in [2.05, 4.69) is 0 Å². The summed E-state index contributed by atoms with van der Waals surface area (Å²) >= 11 is 0. The molecule has 0 bridgehead atoms. The minimum Gasteiger partial charge on any atom is -0.272 e. The highest BCUT2D eigenvalue weighted by molar-refractivity contribution is 7.89. The predicted molar refractivity (Wildman–Crippen MR) is 38.6 cm³/mol. The van der Waals surface area contributed by atoms with E-state index in [1.165, 1.54) is 0 Å². The number of carbonyl (C=O) groups is 1. The molecule has 2 N–H and O–H groups in total. The molecule has 1 fully saturated rings. The molecule has 11 heavy (non-hydrogen) atoms. The molecule has 1 atom stereocenters. The van der Waals surface area contributed by atoms with Crippen molar-refractivity contribution < 1.29 is 13.2 Å². The zero-order valence-electron chi connectivity index (χ0n) is 6.15. The van der Waals surface area contributed by atoms with Gasteiger partial charge in [0.25, 0.3) is 15.9 Å². The molecule has 1 aliphatic heterocycles. The molecule has 64 valence electrons. The molecule has 1 saturated heterocycles. The highest BCUT2D eigenvalue weighted by Gasteiger charge is 2.33. The number of rotatable bonds is 0. The molecule has 1 heterocycles. The SMILES string of the molecule is CC1CC(=O)N(N)S(=O)(=O)C1. The van der Waals surface area contributed by atoms with Crippen LogP contribution in [0.15, 0.2) is 0 Å². The fourth-order valence-electron chi connectivity index (χ4n) is 1.04. The predicted octanol–water partition coefficient (Wildman–Crippen LogP) is -0.942. The lowest BCUT2D eigenvalue weighted by atomic mass is 10.1. The smallest absolute Gasteiger partial charge is 0.251 e. The van der Waals surface area contributed by atoms with Gasteiger partial charge in [-0.25, -0.2) is 14.3 Å². The van der Waals surface area contributed by atoms with Crippen LogP contribution in [-0.2, 0) is 14.8 Å². The Kier molecular flexibility index (Phi) is 1.89. The Morgan fingerprint density at radius 2 is 2.18 bits per heavy atom. The summed E-state index contributed by atoms with van der Waals surface area (Å²) < 4.78 is 22.3. The van der Waals surface area contributed by atoms with E-state index in [0.717, 1.165) is 0 Å². The second-order valence-electron chi connectivity index (χ2n) is 2.78. The minimum absolute atomic E-state index is 0.0325. The van der Waals surface area contributed by atoms with E-state index >= 15 is 0 Å². The Balaban J connectivity index is 2.93. The van der Waals surface area contributed by atoms with Crippen LogP contribution in [0.1, 0.15) is 13.3 Å². The molecule has 5 nitrogen and oxygen atoms in total. The third kappa shape index (κ3) is 1.51. The molecular weight excluding hydrogens is 168 g/mol. The van der Waals surface area contributed by atoms with Crippen LogP contribution in [0.25, 0.3) is 0 Å². The van der Waals surface area contributed by atoms with Crippen LogP contribution in [-0.4, -0.2) is 24.5 Å². The monoisotopic (exact) mass is 178 g/mol. The third-order valence-electron chi connectivity index (χ3n) is 1.56. The van der Waals surface area contributed by atoms with Crippen molar-refractivity contribution in [2.24, 2.45) is 11.8 Å². The molecule has 0 radical (unpaired) electrons. The summed E-state index contributed by atoms with van der Waals surface area (Å²) in [5.41, 5.74) is 0. The van der Waals surface area contributed by atoms with Gasteiger partial charge in [0.05, 0.1) is 5.75 Å². The average Bonchev–Trinajstić information content (AvgIpc) is 1.81. The Morgan fingerprint density at radius 3 is 2.64 bits per heavy atom. The molecule has 1 amide bonds. The van der Waals surface area contributed by atoms with Crippen molar-refractivity contribution in [2.45, 2.75) is 13.3 Å². The van der Waals surface area contributed by atoms with Crippen molar-refractivity contribution in [1.29, 1.82) is 0 Å². The zero-order valence-corrected chi connectivity index (χ0v) is 6.97. The summed E-state index contributed by atoms with van der Waals surface area (Å²) in [5, 5.41) is 0. The molecule has 1 aliphatic rings. The molecule has 0 aromatic carbocycles. The minimum atomic E-state index is -3.50. The van der Waals surface area contributed by atoms with E-state index in [1.807, 2.05) is 0 Å². The first kappa shape index (κ1) is 8.48. The fraction of sp³-hybridized carbons (Fsp3) is 0.800. The summed E-state index contributed by atoms with van der Waals surface area (Å²) in [6.45, 7) is 1.71. The number of hydrazine groups is 1. The van der Waals surface area contributed by atoms with Gasteiger partial charge in [-0.15, -0.1) is 0 Å². The van der Waals surface area contributed by atoms with Gasteiger partial charge in [-0.3, -0.25) is 4.79 Å². The van der Waals surface area contributed by atoms with E-state index in [1.54, 1.807) is 6.92 Å². The first-order valence-electron chi connectivity index (χ1n) is 3.24. The maximum atomic E-state index is 11.0. The standard InChI is InChI=1S/C5H10N2O3S/c1-4-2-5(8)7(6)11(9,10)3-4/h4H,2-3,6H2,1H3. The van der Waals surface area contributed by atoms with Gasteiger partial charge in [0.1, 0.15) is 0 Å². The van der Waals surface area contributed by atoms with E-state index < -0.39 is 15.9 Å².